The first-order chi connectivity index (χ1) is 15.6. The summed E-state index contributed by atoms with van der Waals surface area (Å²) in [6, 6.07) is 18.0. The Labute approximate surface area is 185 Å². The lowest BCUT2D eigenvalue weighted by Crippen LogP contribution is -2.49. The summed E-state index contributed by atoms with van der Waals surface area (Å²) < 4.78 is 7.52. The second kappa shape index (κ2) is 7.81. The fourth-order valence-corrected chi connectivity index (χ4v) is 4.17. The minimum Gasteiger partial charge on any atom is -0.423 e. The molecule has 2 heterocycles. The molecule has 0 aliphatic carbocycles. The Morgan fingerprint density at radius 2 is 1.84 bits per heavy atom. The largest absolute Gasteiger partial charge is 0.423 e. The molecular weight excluding hydrogens is 402 g/mol. The molecule has 6 heteroatoms. The third kappa shape index (κ3) is 3.36. The van der Waals surface area contributed by atoms with Crippen LogP contribution >= 0.6 is 0 Å². The molecule has 0 atom stereocenters. The van der Waals surface area contributed by atoms with Crippen LogP contribution < -0.4 is 4.74 Å². The van der Waals surface area contributed by atoms with Crippen molar-refractivity contribution in [1.82, 2.24) is 14.5 Å². The summed E-state index contributed by atoms with van der Waals surface area (Å²) in [5, 5.41) is 2.03. The number of hydrogen-bond acceptors (Lipinski definition) is 4. The van der Waals surface area contributed by atoms with Crippen molar-refractivity contribution < 1.29 is 14.3 Å². The molecule has 32 heavy (non-hydrogen) atoms. The van der Waals surface area contributed by atoms with Crippen molar-refractivity contribution in [3.63, 3.8) is 0 Å². The van der Waals surface area contributed by atoms with E-state index in [4.69, 9.17) is 4.74 Å². The Morgan fingerprint density at radius 3 is 2.62 bits per heavy atom. The maximum Gasteiger partial charge on any atom is 0.335 e. The number of fused-ring (bicyclic) bond motifs is 2. The normalized spacial score (nSPS) is 13.7. The van der Waals surface area contributed by atoms with Crippen molar-refractivity contribution in [2.24, 2.45) is 0 Å². The van der Waals surface area contributed by atoms with Crippen LogP contribution in [0, 0.1) is 0 Å². The number of ether oxygens (including phenoxy) is 1. The van der Waals surface area contributed by atoms with Gasteiger partial charge in [0, 0.05) is 19.2 Å². The predicted molar refractivity (Wildman–Crippen MR) is 124 cm³/mol. The minimum atomic E-state index is -0.495. The number of carbonyl (C=O) groups is 2. The monoisotopic (exact) mass is 423 g/mol. The molecule has 5 rings (SSSR count). The molecule has 0 spiro atoms. The lowest BCUT2D eigenvalue weighted by molar-refractivity contribution is -0.131. The van der Waals surface area contributed by atoms with Crippen LogP contribution in [-0.2, 0) is 9.59 Å². The fourth-order valence-electron chi connectivity index (χ4n) is 4.17. The molecule has 4 aromatic rings. The molecule has 0 unspecified atom stereocenters. The second-order valence-electron chi connectivity index (χ2n) is 7.77. The van der Waals surface area contributed by atoms with E-state index in [0.717, 1.165) is 39.0 Å². The van der Waals surface area contributed by atoms with Gasteiger partial charge in [0.15, 0.2) is 0 Å². The van der Waals surface area contributed by atoms with E-state index in [1.54, 1.807) is 4.90 Å². The van der Waals surface area contributed by atoms with Crippen LogP contribution in [0.4, 0.5) is 0 Å². The zero-order chi connectivity index (χ0) is 22.2. The molecule has 0 N–H and O–H groups in total. The van der Waals surface area contributed by atoms with Gasteiger partial charge < -0.3 is 14.2 Å². The van der Waals surface area contributed by atoms with Gasteiger partial charge in [-0.05, 0) is 52.2 Å². The molecule has 3 aromatic carbocycles. The van der Waals surface area contributed by atoms with Crippen LogP contribution in [0.15, 0.2) is 86.2 Å². The summed E-state index contributed by atoms with van der Waals surface area (Å²) in [5.41, 5.74) is 3.82. The van der Waals surface area contributed by atoms with Gasteiger partial charge in [0.2, 0.25) is 5.91 Å². The summed E-state index contributed by atoms with van der Waals surface area (Å²) >= 11 is 0. The highest BCUT2D eigenvalue weighted by atomic mass is 16.5. The number of hydrogen-bond donors (Lipinski definition) is 0. The van der Waals surface area contributed by atoms with Crippen molar-refractivity contribution in [1.29, 1.82) is 0 Å². The summed E-state index contributed by atoms with van der Waals surface area (Å²) in [4.78, 5) is 29.8. The summed E-state index contributed by atoms with van der Waals surface area (Å²) in [6.45, 7) is 8.32. The summed E-state index contributed by atoms with van der Waals surface area (Å²) in [5.74, 6) is -0.0718. The zero-order valence-electron chi connectivity index (χ0n) is 17.4. The Bertz CT molecular complexity index is 1400. The van der Waals surface area contributed by atoms with Crippen LogP contribution in [0.1, 0.15) is 6.04 Å². The van der Waals surface area contributed by atoms with Gasteiger partial charge in [-0.2, -0.15) is 0 Å². The number of nitrogens with zero attached hydrogens (tertiary/aromatic N) is 3. The van der Waals surface area contributed by atoms with Crippen molar-refractivity contribution in [2.75, 3.05) is 13.1 Å². The van der Waals surface area contributed by atoms with Gasteiger partial charge in [0.1, 0.15) is 5.75 Å². The standard InChI is InChI=1S/C26H21N3O3/c1-3-25(30)28-14-19(15-28)29-16-27-23-12-18(9-10-24(23)29)22-13-20(32-26(31)4-2)11-17-7-5-6-8-21(17)22/h3-13,16,19H,1-2,14-15H2. The van der Waals surface area contributed by atoms with E-state index in [1.165, 1.54) is 6.08 Å². The molecule has 1 aliphatic rings. The van der Waals surface area contributed by atoms with Crippen molar-refractivity contribution in [3.8, 4) is 16.9 Å². The van der Waals surface area contributed by atoms with E-state index in [2.05, 4.69) is 22.7 Å². The molecular formula is C26H21N3O3. The summed E-state index contributed by atoms with van der Waals surface area (Å²) in [6.07, 6.45) is 4.33. The van der Waals surface area contributed by atoms with Crippen LogP contribution in [0.5, 0.6) is 5.75 Å². The fraction of sp³-hybridized carbons (Fsp3) is 0.115. The molecule has 1 fully saturated rings. The molecule has 0 bridgehead atoms. The first-order valence-electron chi connectivity index (χ1n) is 10.3. The SMILES string of the molecule is C=CC(=O)Oc1cc(-c2ccc3c(c2)ncn3C2CN(C(=O)C=C)C2)c2ccccc2c1. The van der Waals surface area contributed by atoms with Gasteiger partial charge in [-0.15, -0.1) is 0 Å². The smallest absolute Gasteiger partial charge is 0.335 e. The average molecular weight is 423 g/mol. The minimum absolute atomic E-state index is 0.0446. The molecule has 0 radical (unpaired) electrons. The number of likely N-dealkylation sites (tertiary alicyclic amines) is 1. The molecule has 1 amide bonds. The molecule has 1 saturated heterocycles. The first kappa shape index (κ1) is 19.8. The highest BCUT2D eigenvalue weighted by Gasteiger charge is 2.31. The molecule has 1 aliphatic heterocycles. The number of rotatable bonds is 5. The van der Waals surface area contributed by atoms with E-state index >= 15 is 0 Å². The number of benzene rings is 3. The number of imidazole rings is 1. The highest BCUT2D eigenvalue weighted by Crippen LogP contribution is 2.35. The lowest BCUT2D eigenvalue weighted by Gasteiger charge is -2.39. The van der Waals surface area contributed by atoms with Gasteiger partial charge >= 0.3 is 5.97 Å². The van der Waals surface area contributed by atoms with Gasteiger partial charge in [0.05, 0.1) is 23.4 Å². The van der Waals surface area contributed by atoms with Crippen molar-refractivity contribution in [2.45, 2.75) is 6.04 Å². The highest BCUT2D eigenvalue weighted by molar-refractivity contribution is 6.00. The number of esters is 1. The maximum absolute atomic E-state index is 11.7. The quantitative estimate of drug-likeness (QED) is 0.269. The Hall–Kier alpha value is -4.19. The number of aromatic nitrogens is 2. The first-order valence-corrected chi connectivity index (χ1v) is 10.3. The average Bonchev–Trinajstić information content (AvgIpc) is 3.20. The molecule has 0 saturated carbocycles. The third-order valence-electron chi connectivity index (χ3n) is 5.85. The Kier molecular flexibility index (Phi) is 4.82. The third-order valence-corrected chi connectivity index (χ3v) is 5.85. The van der Waals surface area contributed by atoms with Crippen LogP contribution in [0.3, 0.4) is 0 Å². The maximum atomic E-state index is 11.7. The van der Waals surface area contributed by atoms with E-state index < -0.39 is 5.97 Å². The molecule has 6 nitrogen and oxygen atoms in total. The van der Waals surface area contributed by atoms with E-state index in [9.17, 15) is 9.59 Å². The van der Waals surface area contributed by atoms with Gasteiger partial charge in [0.25, 0.3) is 0 Å². The topological polar surface area (TPSA) is 64.4 Å². The Balaban J connectivity index is 1.53. The van der Waals surface area contributed by atoms with Gasteiger partial charge in [-0.1, -0.05) is 43.5 Å². The van der Waals surface area contributed by atoms with Crippen LogP contribution in [0.25, 0.3) is 32.9 Å². The molecule has 1 aromatic heterocycles. The lowest BCUT2D eigenvalue weighted by atomic mass is 9.97. The van der Waals surface area contributed by atoms with E-state index in [-0.39, 0.29) is 11.9 Å². The molecule has 158 valence electrons. The van der Waals surface area contributed by atoms with Crippen molar-refractivity contribution in [3.05, 3.63) is 86.2 Å². The van der Waals surface area contributed by atoms with E-state index in [0.29, 0.717) is 18.8 Å². The van der Waals surface area contributed by atoms with Gasteiger partial charge in [-0.3, -0.25) is 4.79 Å². The van der Waals surface area contributed by atoms with Crippen molar-refractivity contribution >= 4 is 33.7 Å². The zero-order valence-corrected chi connectivity index (χ0v) is 17.4. The van der Waals surface area contributed by atoms with E-state index in [1.807, 2.05) is 60.9 Å². The predicted octanol–water partition coefficient (Wildman–Crippen LogP) is 4.52. The second-order valence-corrected chi connectivity index (χ2v) is 7.77. The number of carbonyl (C=O) groups excluding carboxylic acids is 2. The van der Waals surface area contributed by atoms with Crippen LogP contribution in [0.2, 0.25) is 0 Å². The number of amides is 1. The summed E-state index contributed by atoms with van der Waals surface area (Å²) in [7, 11) is 0. The van der Waals surface area contributed by atoms with Crippen LogP contribution in [-0.4, -0.2) is 39.4 Å². The Morgan fingerprint density at radius 1 is 1.03 bits per heavy atom. The van der Waals surface area contributed by atoms with Gasteiger partial charge in [-0.25, -0.2) is 9.78 Å².